The summed E-state index contributed by atoms with van der Waals surface area (Å²) in [5.41, 5.74) is 1.27. The molecule has 19 heavy (non-hydrogen) atoms. The Bertz CT molecular complexity index is 396. The van der Waals surface area contributed by atoms with Gasteiger partial charge in [0.15, 0.2) is 0 Å². The fraction of sp³-hybridized carbons (Fsp3) is 0.600. The number of hydrogen-bond donors (Lipinski definition) is 1. The summed E-state index contributed by atoms with van der Waals surface area (Å²) in [7, 11) is 0. The third kappa shape index (κ3) is 4.47. The average molecular weight is 391 g/mol. The molecule has 0 aromatic heterocycles. The summed E-state index contributed by atoms with van der Waals surface area (Å²) < 4.78 is 7.61. The zero-order chi connectivity index (χ0) is 13.7. The molecule has 1 saturated carbocycles. The molecule has 2 nitrogen and oxygen atoms in total. The molecule has 0 saturated heterocycles. The van der Waals surface area contributed by atoms with Crippen LogP contribution in [0.4, 0.5) is 0 Å². The topological polar surface area (TPSA) is 21.3 Å². The van der Waals surface area contributed by atoms with Crippen LogP contribution in [0.1, 0.15) is 38.2 Å². The summed E-state index contributed by atoms with van der Waals surface area (Å²) in [5.74, 6) is 1.87. The molecule has 1 aliphatic carbocycles. The van der Waals surface area contributed by atoms with Gasteiger partial charge in [0.1, 0.15) is 5.75 Å². The van der Waals surface area contributed by atoms with Gasteiger partial charge in [0.25, 0.3) is 0 Å². The van der Waals surface area contributed by atoms with Crippen LogP contribution in [0.3, 0.4) is 0 Å². The van der Waals surface area contributed by atoms with Crippen LogP contribution in [-0.2, 0) is 6.54 Å². The predicted molar refractivity (Wildman–Crippen MR) is 86.7 cm³/mol. The van der Waals surface area contributed by atoms with Crippen molar-refractivity contribution in [2.24, 2.45) is 5.92 Å². The zero-order valence-electron chi connectivity index (χ0n) is 11.3. The normalized spacial score (nSPS) is 15.3. The predicted octanol–water partition coefficient (Wildman–Crippen LogP) is 4.89. The fourth-order valence-corrected chi connectivity index (χ4v) is 3.83. The molecule has 0 unspecified atom stereocenters. The van der Waals surface area contributed by atoms with Gasteiger partial charge in [-0.05, 0) is 75.4 Å². The van der Waals surface area contributed by atoms with Crippen molar-refractivity contribution < 1.29 is 4.74 Å². The minimum absolute atomic E-state index is 0.677. The Hall–Kier alpha value is -0.0600. The maximum absolute atomic E-state index is 5.59. The van der Waals surface area contributed by atoms with E-state index in [0.717, 1.165) is 33.7 Å². The van der Waals surface area contributed by atoms with Gasteiger partial charge < -0.3 is 10.1 Å². The molecule has 0 amide bonds. The number of ether oxygens (including phenoxy) is 1. The minimum atomic E-state index is 0.677. The van der Waals surface area contributed by atoms with E-state index in [1.54, 1.807) is 0 Å². The molecule has 0 bridgehead atoms. The lowest BCUT2D eigenvalue weighted by Crippen LogP contribution is -2.21. The highest BCUT2D eigenvalue weighted by Crippen LogP contribution is 2.34. The summed E-state index contributed by atoms with van der Waals surface area (Å²) in [6.45, 7) is 4.70. The monoisotopic (exact) mass is 389 g/mol. The SMILES string of the molecule is CCOc1c(Br)cc(CNCCC2CCC2)cc1Br. The van der Waals surface area contributed by atoms with Gasteiger partial charge in [-0.2, -0.15) is 0 Å². The van der Waals surface area contributed by atoms with E-state index in [0.29, 0.717) is 6.61 Å². The number of halogens is 2. The van der Waals surface area contributed by atoms with Gasteiger partial charge in [0, 0.05) is 6.54 Å². The van der Waals surface area contributed by atoms with E-state index < -0.39 is 0 Å². The first kappa shape index (κ1) is 15.3. The van der Waals surface area contributed by atoms with Crippen molar-refractivity contribution in [3.63, 3.8) is 0 Å². The van der Waals surface area contributed by atoms with Gasteiger partial charge in [-0.15, -0.1) is 0 Å². The van der Waals surface area contributed by atoms with E-state index in [1.807, 2.05) is 6.92 Å². The van der Waals surface area contributed by atoms with E-state index in [2.05, 4.69) is 49.3 Å². The molecule has 0 atom stereocenters. The Kier molecular flexibility index (Phi) is 6.17. The maximum atomic E-state index is 5.59. The minimum Gasteiger partial charge on any atom is -0.492 e. The van der Waals surface area contributed by atoms with Crippen LogP contribution in [0.2, 0.25) is 0 Å². The largest absolute Gasteiger partial charge is 0.492 e. The molecule has 0 radical (unpaired) electrons. The Balaban J connectivity index is 1.82. The molecule has 1 aliphatic rings. The second kappa shape index (κ2) is 7.65. The van der Waals surface area contributed by atoms with Crippen LogP contribution >= 0.6 is 31.9 Å². The standard InChI is InChI=1S/C15H21Br2NO/c1-2-19-15-13(16)8-12(9-14(15)17)10-18-7-6-11-4-3-5-11/h8-9,11,18H,2-7,10H2,1H3. The van der Waals surface area contributed by atoms with E-state index >= 15 is 0 Å². The third-order valence-corrected chi connectivity index (χ3v) is 4.81. The molecule has 1 aromatic carbocycles. The summed E-state index contributed by atoms with van der Waals surface area (Å²) in [5, 5.41) is 3.52. The first-order valence-corrected chi connectivity index (χ1v) is 8.60. The number of nitrogens with one attached hydrogen (secondary N) is 1. The van der Waals surface area contributed by atoms with Gasteiger partial charge in [-0.3, -0.25) is 0 Å². The van der Waals surface area contributed by atoms with Crippen LogP contribution < -0.4 is 10.1 Å². The Labute approximate surface area is 132 Å². The van der Waals surface area contributed by atoms with E-state index in [9.17, 15) is 0 Å². The molecule has 1 aromatic rings. The summed E-state index contributed by atoms with van der Waals surface area (Å²) in [6, 6.07) is 4.26. The van der Waals surface area contributed by atoms with Crippen LogP contribution in [-0.4, -0.2) is 13.2 Å². The highest BCUT2D eigenvalue weighted by atomic mass is 79.9. The first-order chi connectivity index (χ1) is 9.20. The fourth-order valence-electron chi connectivity index (χ4n) is 2.32. The van der Waals surface area contributed by atoms with Crippen molar-refractivity contribution in [3.8, 4) is 5.75 Å². The summed E-state index contributed by atoms with van der Waals surface area (Å²) >= 11 is 7.14. The van der Waals surface area contributed by atoms with Gasteiger partial charge in [-0.1, -0.05) is 19.3 Å². The van der Waals surface area contributed by atoms with Gasteiger partial charge in [0.2, 0.25) is 0 Å². The number of rotatable bonds is 7. The van der Waals surface area contributed by atoms with Gasteiger partial charge >= 0.3 is 0 Å². The molecule has 2 rings (SSSR count). The summed E-state index contributed by atoms with van der Waals surface area (Å²) in [4.78, 5) is 0. The molecule has 0 aliphatic heterocycles. The van der Waals surface area contributed by atoms with Crippen molar-refractivity contribution in [2.45, 2.75) is 39.2 Å². The van der Waals surface area contributed by atoms with Crippen molar-refractivity contribution >= 4 is 31.9 Å². The van der Waals surface area contributed by atoms with E-state index in [1.165, 1.54) is 31.2 Å². The van der Waals surface area contributed by atoms with Crippen molar-refractivity contribution in [1.29, 1.82) is 0 Å². The highest BCUT2D eigenvalue weighted by Gasteiger charge is 2.16. The van der Waals surface area contributed by atoms with E-state index in [-0.39, 0.29) is 0 Å². The highest BCUT2D eigenvalue weighted by molar-refractivity contribution is 9.11. The van der Waals surface area contributed by atoms with Crippen LogP contribution in [0.5, 0.6) is 5.75 Å². The van der Waals surface area contributed by atoms with Crippen LogP contribution in [0, 0.1) is 5.92 Å². The number of benzene rings is 1. The van der Waals surface area contributed by atoms with Crippen LogP contribution in [0.25, 0.3) is 0 Å². The second-order valence-electron chi connectivity index (χ2n) is 5.08. The second-order valence-corrected chi connectivity index (χ2v) is 6.79. The first-order valence-electron chi connectivity index (χ1n) is 7.02. The third-order valence-electron chi connectivity index (χ3n) is 3.63. The van der Waals surface area contributed by atoms with Crippen molar-refractivity contribution in [3.05, 3.63) is 26.6 Å². The Morgan fingerprint density at radius 2 is 1.95 bits per heavy atom. The summed E-state index contributed by atoms with van der Waals surface area (Å²) in [6.07, 6.45) is 5.62. The molecular weight excluding hydrogens is 370 g/mol. The molecular formula is C15H21Br2NO. The van der Waals surface area contributed by atoms with E-state index in [4.69, 9.17) is 4.74 Å². The molecule has 4 heteroatoms. The Morgan fingerprint density at radius 3 is 2.47 bits per heavy atom. The van der Waals surface area contributed by atoms with Gasteiger partial charge in [-0.25, -0.2) is 0 Å². The van der Waals surface area contributed by atoms with Gasteiger partial charge in [0.05, 0.1) is 15.6 Å². The molecule has 0 heterocycles. The molecule has 1 N–H and O–H groups in total. The Morgan fingerprint density at radius 1 is 1.26 bits per heavy atom. The lowest BCUT2D eigenvalue weighted by atomic mass is 9.83. The molecule has 106 valence electrons. The zero-order valence-corrected chi connectivity index (χ0v) is 14.5. The quantitative estimate of drug-likeness (QED) is 0.669. The van der Waals surface area contributed by atoms with Crippen molar-refractivity contribution in [2.75, 3.05) is 13.2 Å². The molecule has 1 fully saturated rings. The lowest BCUT2D eigenvalue weighted by molar-refractivity contribution is 0.292. The van der Waals surface area contributed by atoms with Crippen molar-refractivity contribution in [1.82, 2.24) is 5.32 Å². The number of hydrogen-bond acceptors (Lipinski definition) is 2. The lowest BCUT2D eigenvalue weighted by Gasteiger charge is -2.25. The smallest absolute Gasteiger partial charge is 0.147 e. The average Bonchev–Trinajstić information content (AvgIpc) is 2.31. The van der Waals surface area contributed by atoms with Crippen LogP contribution in [0.15, 0.2) is 21.1 Å². The maximum Gasteiger partial charge on any atom is 0.147 e. The molecule has 0 spiro atoms.